The molecule has 1 heterocycles. The van der Waals surface area contributed by atoms with E-state index in [2.05, 4.69) is 20.6 Å². The Kier molecular flexibility index (Phi) is 8.14. The summed E-state index contributed by atoms with van der Waals surface area (Å²) in [6, 6.07) is 5.66. The van der Waals surface area contributed by atoms with Crippen molar-refractivity contribution in [2.45, 2.75) is 19.9 Å². The molecule has 112 valence electrons. The second-order valence-corrected chi connectivity index (χ2v) is 4.14. The summed E-state index contributed by atoms with van der Waals surface area (Å²) in [7, 11) is 3.31. The molecule has 20 heavy (non-hydrogen) atoms. The predicted molar refractivity (Wildman–Crippen MR) is 80.1 cm³/mol. The van der Waals surface area contributed by atoms with Crippen LogP contribution in [-0.4, -0.2) is 44.9 Å². The zero-order valence-corrected chi connectivity index (χ0v) is 12.5. The number of ether oxygens (including phenoxy) is 2. The Labute approximate surface area is 120 Å². The largest absolute Gasteiger partial charge is 0.481 e. The van der Waals surface area contributed by atoms with E-state index >= 15 is 0 Å². The fraction of sp³-hybridized carbons (Fsp3) is 0.571. The lowest BCUT2D eigenvalue weighted by atomic mass is 10.3. The summed E-state index contributed by atoms with van der Waals surface area (Å²) in [5.41, 5.74) is 0.874. The molecule has 0 unspecified atom stereocenters. The van der Waals surface area contributed by atoms with Crippen LogP contribution >= 0.6 is 0 Å². The third-order valence-electron chi connectivity index (χ3n) is 2.55. The minimum Gasteiger partial charge on any atom is -0.481 e. The van der Waals surface area contributed by atoms with Crippen molar-refractivity contribution in [2.75, 3.05) is 33.9 Å². The molecule has 6 heteroatoms. The maximum atomic E-state index is 5.10. The smallest absolute Gasteiger partial charge is 0.213 e. The SMILES string of the molecule is CCNC(=NCc1cccc(OC)n1)NCCCOC. The molecule has 0 spiro atoms. The van der Waals surface area contributed by atoms with E-state index < -0.39 is 0 Å². The van der Waals surface area contributed by atoms with Gasteiger partial charge in [-0.15, -0.1) is 0 Å². The first kappa shape index (κ1) is 16.2. The van der Waals surface area contributed by atoms with Gasteiger partial charge >= 0.3 is 0 Å². The molecule has 0 saturated carbocycles. The van der Waals surface area contributed by atoms with E-state index in [1.807, 2.05) is 25.1 Å². The molecule has 0 aromatic carbocycles. The number of pyridine rings is 1. The number of aromatic nitrogens is 1. The zero-order chi connectivity index (χ0) is 14.6. The van der Waals surface area contributed by atoms with Crippen molar-refractivity contribution in [2.24, 2.45) is 4.99 Å². The van der Waals surface area contributed by atoms with Crippen molar-refractivity contribution < 1.29 is 9.47 Å². The van der Waals surface area contributed by atoms with Crippen molar-refractivity contribution in [3.8, 4) is 5.88 Å². The summed E-state index contributed by atoms with van der Waals surface area (Å²) in [5, 5.41) is 6.45. The number of methoxy groups -OCH3 is 2. The molecule has 2 N–H and O–H groups in total. The first-order chi connectivity index (χ1) is 9.80. The number of rotatable bonds is 8. The molecule has 0 aliphatic rings. The molecule has 0 bridgehead atoms. The normalized spacial score (nSPS) is 11.2. The second kappa shape index (κ2) is 10.0. The maximum Gasteiger partial charge on any atom is 0.213 e. The molecule has 0 fully saturated rings. The van der Waals surface area contributed by atoms with Crippen LogP contribution in [0.5, 0.6) is 5.88 Å². The molecule has 0 saturated heterocycles. The molecule has 1 aromatic heterocycles. The average molecular weight is 280 g/mol. The number of hydrogen-bond acceptors (Lipinski definition) is 4. The topological polar surface area (TPSA) is 67.8 Å². The third kappa shape index (κ3) is 6.38. The standard InChI is InChI=1S/C14H24N4O2/c1-4-15-14(16-9-6-10-19-2)17-11-12-7-5-8-13(18-12)20-3/h5,7-8H,4,6,9-11H2,1-3H3,(H2,15,16,17). The second-order valence-electron chi connectivity index (χ2n) is 4.14. The average Bonchev–Trinajstić information content (AvgIpc) is 2.49. The Morgan fingerprint density at radius 1 is 1.30 bits per heavy atom. The fourth-order valence-electron chi connectivity index (χ4n) is 1.58. The summed E-state index contributed by atoms with van der Waals surface area (Å²) in [4.78, 5) is 8.82. The van der Waals surface area contributed by atoms with Crippen LogP contribution in [0.2, 0.25) is 0 Å². The Balaban J connectivity index is 2.52. The number of guanidine groups is 1. The van der Waals surface area contributed by atoms with Gasteiger partial charge in [-0.1, -0.05) is 6.07 Å². The molecule has 6 nitrogen and oxygen atoms in total. The summed E-state index contributed by atoms with van der Waals surface area (Å²) in [5.74, 6) is 1.39. The summed E-state index contributed by atoms with van der Waals surface area (Å²) in [6.45, 7) is 4.93. The first-order valence-corrected chi connectivity index (χ1v) is 6.81. The quantitative estimate of drug-likeness (QED) is 0.425. The molecule has 0 amide bonds. The zero-order valence-electron chi connectivity index (χ0n) is 12.5. The number of aliphatic imine (C=N–C) groups is 1. The summed E-state index contributed by atoms with van der Waals surface area (Å²) < 4.78 is 10.1. The van der Waals surface area contributed by atoms with E-state index in [0.717, 1.165) is 37.8 Å². The van der Waals surface area contributed by atoms with E-state index in [4.69, 9.17) is 9.47 Å². The Morgan fingerprint density at radius 2 is 2.15 bits per heavy atom. The van der Waals surface area contributed by atoms with Gasteiger partial charge in [0.05, 0.1) is 19.3 Å². The van der Waals surface area contributed by atoms with Gasteiger partial charge in [0.2, 0.25) is 5.88 Å². The van der Waals surface area contributed by atoms with Gasteiger partial charge in [0.25, 0.3) is 0 Å². The van der Waals surface area contributed by atoms with Gasteiger partial charge in [0.1, 0.15) is 0 Å². The van der Waals surface area contributed by atoms with Crippen molar-refractivity contribution in [3.05, 3.63) is 23.9 Å². The Morgan fingerprint density at radius 3 is 2.85 bits per heavy atom. The lowest BCUT2D eigenvalue weighted by Gasteiger charge is -2.11. The molecule has 0 aliphatic heterocycles. The molecule has 0 radical (unpaired) electrons. The highest BCUT2D eigenvalue weighted by Gasteiger charge is 1.99. The van der Waals surface area contributed by atoms with E-state index in [0.29, 0.717) is 12.4 Å². The van der Waals surface area contributed by atoms with Gasteiger partial charge in [0, 0.05) is 32.9 Å². The van der Waals surface area contributed by atoms with Gasteiger partial charge in [-0.05, 0) is 19.4 Å². The lowest BCUT2D eigenvalue weighted by Crippen LogP contribution is -2.38. The number of nitrogens with zero attached hydrogens (tertiary/aromatic N) is 2. The third-order valence-corrected chi connectivity index (χ3v) is 2.55. The fourth-order valence-corrected chi connectivity index (χ4v) is 1.58. The van der Waals surface area contributed by atoms with Gasteiger partial charge in [0.15, 0.2) is 5.96 Å². The van der Waals surface area contributed by atoms with Gasteiger partial charge in [-0.2, -0.15) is 0 Å². The summed E-state index contributed by atoms with van der Waals surface area (Å²) >= 11 is 0. The predicted octanol–water partition coefficient (Wildman–Crippen LogP) is 1.18. The van der Waals surface area contributed by atoms with E-state index in [9.17, 15) is 0 Å². The Bertz CT molecular complexity index is 410. The van der Waals surface area contributed by atoms with Crippen LogP contribution in [0.25, 0.3) is 0 Å². The van der Waals surface area contributed by atoms with Gasteiger partial charge in [-0.3, -0.25) is 0 Å². The highest BCUT2D eigenvalue weighted by atomic mass is 16.5. The van der Waals surface area contributed by atoms with Crippen molar-refractivity contribution in [3.63, 3.8) is 0 Å². The Hall–Kier alpha value is -1.82. The number of nitrogens with one attached hydrogen (secondary N) is 2. The van der Waals surface area contributed by atoms with Crippen LogP contribution in [0.15, 0.2) is 23.2 Å². The molecule has 0 atom stereocenters. The van der Waals surface area contributed by atoms with Crippen LogP contribution < -0.4 is 15.4 Å². The van der Waals surface area contributed by atoms with Gasteiger partial charge < -0.3 is 20.1 Å². The highest BCUT2D eigenvalue weighted by molar-refractivity contribution is 5.79. The summed E-state index contributed by atoms with van der Waals surface area (Å²) in [6.07, 6.45) is 0.943. The van der Waals surface area contributed by atoms with Crippen LogP contribution in [-0.2, 0) is 11.3 Å². The minimum absolute atomic E-state index is 0.511. The van der Waals surface area contributed by atoms with E-state index in [1.54, 1.807) is 14.2 Å². The van der Waals surface area contributed by atoms with Crippen LogP contribution in [0.4, 0.5) is 0 Å². The molecular weight excluding hydrogens is 256 g/mol. The molecule has 1 aromatic rings. The number of hydrogen-bond donors (Lipinski definition) is 2. The molecular formula is C14H24N4O2. The van der Waals surface area contributed by atoms with Crippen LogP contribution in [0.3, 0.4) is 0 Å². The van der Waals surface area contributed by atoms with Crippen molar-refractivity contribution in [1.29, 1.82) is 0 Å². The van der Waals surface area contributed by atoms with Crippen LogP contribution in [0.1, 0.15) is 19.0 Å². The van der Waals surface area contributed by atoms with Crippen LogP contribution in [0, 0.1) is 0 Å². The van der Waals surface area contributed by atoms with Crippen molar-refractivity contribution in [1.82, 2.24) is 15.6 Å². The minimum atomic E-state index is 0.511. The first-order valence-electron chi connectivity index (χ1n) is 6.81. The molecule has 1 rings (SSSR count). The van der Waals surface area contributed by atoms with Crippen molar-refractivity contribution >= 4 is 5.96 Å². The van der Waals surface area contributed by atoms with E-state index in [1.165, 1.54) is 0 Å². The maximum absolute atomic E-state index is 5.10. The van der Waals surface area contributed by atoms with E-state index in [-0.39, 0.29) is 0 Å². The van der Waals surface area contributed by atoms with Gasteiger partial charge in [-0.25, -0.2) is 9.98 Å². The molecule has 0 aliphatic carbocycles. The highest BCUT2D eigenvalue weighted by Crippen LogP contribution is 2.07. The lowest BCUT2D eigenvalue weighted by molar-refractivity contribution is 0.195. The monoisotopic (exact) mass is 280 g/mol.